The van der Waals surface area contributed by atoms with Crippen molar-refractivity contribution < 1.29 is 13.2 Å². The minimum atomic E-state index is -3.13. The minimum Gasteiger partial charge on any atom is -0.381 e. The molecule has 0 spiro atoms. The smallest absolute Gasteiger partial charge is 0.179 e. The lowest BCUT2D eigenvalue weighted by molar-refractivity contribution is 0.137. The van der Waals surface area contributed by atoms with E-state index in [1.165, 1.54) is 0 Å². The molecular formula is C14H19NO3S. The van der Waals surface area contributed by atoms with Crippen molar-refractivity contribution in [3.8, 4) is 0 Å². The largest absolute Gasteiger partial charge is 0.381 e. The van der Waals surface area contributed by atoms with Crippen LogP contribution in [-0.2, 0) is 14.6 Å². The second-order valence-corrected chi connectivity index (χ2v) is 7.57. The second-order valence-electron chi connectivity index (χ2n) is 5.57. The summed E-state index contributed by atoms with van der Waals surface area (Å²) in [6.45, 7) is 2.16. The number of benzene rings is 1. The topological polar surface area (TPSA) is 55.4 Å². The van der Waals surface area contributed by atoms with Gasteiger partial charge in [-0.1, -0.05) is 18.2 Å². The van der Waals surface area contributed by atoms with Crippen molar-refractivity contribution in [2.75, 3.05) is 32.6 Å². The predicted octanol–water partition coefficient (Wildman–Crippen LogP) is 1.18. The fraction of sp³-hybridized carbons (Fsp3) is 0.571. The highest BCUT2D eigenvalue weighted by atomic mass is 32.2. The Hall–Kier alpha value is -0.910. The van der Waals surface area contributed by atoms with Gasteiger partial charge in [0.2, 0.25) is 0 Å². The Balaban J connectivity index is 2.07. The van der Waals surface area contributed by atoms with Gasteiger partial charge in [-0.3, -0.25) is 0 Å². The molecule has 1 aromatic rings. The van der Waals surface area contributed by atoms with Crippen molar-refractivity contribution in [1.82, 2.24) is 5.32 Å². The molecule has 4 nitrogen and oxygen atoms in total. The van der Waals surface area contributed by atoms with Gasteiger partial charge in [0.15, 0.2) is 9.84 Å². The summed E-state index contributed by atoms with van der Waals surface area (Å²) in [4.78, 5) is 0.516. The molecule has 0 radical (unpaired) electrons. The molecule has 2 aliphatic heterocycles. The molecule has 0 saturated carbocycles. The van der Waals surface area contributed by atoms with Crippen molar-refractivity contribution in [2.45, 2.75) is 17.2 Å². The summed E-state index contributed by atoms with van der Waals surface area (Å²) in [6.07, 6.45) is 0.919. The highest BCUT2D eigenvalue weighted by Gasteiger charge is 2.49. The first kappa shape index (κ1) is 13.1. The zero-order valence-corrected chi connectivity index (χ0v) is 11.9. The Labute approximate surface area is 114 Å². The third kappa shape index (κ3) is 2.00. The zero-order valence-electron chi connectivity index (χ0n) is 11.1. The molecule has 0 aliphatic carbocycles. The van der Waals surface area contributed by atoms with E-state index in [9.17, 15) is 8.42 Å². The van der Waals surface area contributed by atoms with Crippen molar-refractivity contribution in [3.05, 3.63) is 29.8 Å². The monoisotopic (exact) mass is 281 g/mol. The first-order valence-corrected chi connectivity index (χ1v) is 8.28. The normalized spacial score (nSPS) is 32.4. The van der Waals surface area contributed by atoms with Gasteiger partial charge in [0.1, 0.15) is 0 Å². The molecule has 1 saturated heterocycles. The maximum Gasteiger partial charge on any atom is 0.179 e. The Morgan fingerprint density at radius 2 is 2.21 bits per heavy atom. The third-order valence-electron chi connectivity index (χ3n) is 4.42. The van der Waals surface area contributed by atoms with Crippen molar-refractivity contribution in [3.63, 3.8) is 0 Å². The number of hydrogen-bond acceptors (Lipinski definition) is 4. The Morgan fingerprint density at radius 3 is 2.89 bits per heavy atom. The fourth-order valence-electron chi connectivity index (χ4n) is 3.47. The maximum absolute atomic E-state index is 12.3. The van der Waals surface area contributed by atoms with Gasteiger partial charge >= 0.3 is 0 Å². The van der Waals surface area contributed by atoms with E-state index in [0.717, 1.165) is 25.1 Å². The zero-order chi connectivity index (χ0) is 13.5. The molecule has 5 heteroatoms. The van der Waals surface area contributed by atoms with E-state index < -0.39 is 9.84 Å². The highest BCUT2D eigenvalue weighted by molar-refractivity contribution is 7.91. The molecule has 0 aromatic heterocycles. The van der Waals surface area contributed by atoms with Gasteiger partial charge in [-0.2, -0.15) is 0 Å². The van der Waals surface area contributed by atoms with Crippen molar-refractivity contribution >= 4 is 9.84 Å². The van der Waals surface area contributed by atoms with Gasteiger partial charge < -0.3 is 10.1 Å². The standard InChI is InChI=1S/C14H19NO3S/c1-15-9-14(6-7-18-10-14)12-8-19(16,17)13-5-3-2-4-11(12)13/h2-5,12,15H,6-10H2,1H3. The summed E-state index contributed by atoms with van der Waals surface area (Å²) in [5.74, 6) is 0.265. The summed E-state index contributed by atoms with van der Waals surface area (Å²) in [5, 5.41) is 3.21. The van der Waals surface area contributed by atoms with Gasteiger partial charge in [-0.25, -0.2) is 8.42 Å². The molecular weight excluding hydrogens is 262 g/mol. The molecule has 1 N–H and O–H groups in total. The molecule has 1 fully saturated rings. The van der Waals surface area contributed by atoms with Crippen LogP contribution in [0.3, 0.4) is 0 Å². The maximum atomic E-state index is 12.3. The predicted molar refractivity (Wildman–Crippen MR) is 73.0 cm³/mol. The van der Waals surface area contributed by atoms with Crippen molar-refractivity contribution in [1.29, 1.82) is 0 Å². The summed E-state index contributed by atoms with van der Waals surface area (Å²) in [6, 6.07) is 7.41. The molecule has 2 aliphatic rings. The first-order valence-electron chi connectivity index (χ1n) is 6.63. The van der Waals surface area contributed by atoms with Crippen LogP contribution < -0.4 is 5.32 Å². The van der Waals surface area contributed by atoms with Crippen LogP contribution in [0.25, 0.3) is 0 Å². The van der Waals surface area contributed by atoms with E-state index >= 15 is 0 Å². The average Bonchev–Trinajstić information content (AvgIpc) is 2.95. The lowest BCUT2D eigenvalue weighted by Gasteiger charge is -2.33. The lowest BCUT2D eigenvalue weighted by Crippen LogP contribution is -2.39. The molecule has 3 rings (SSSR count). The molecule has 2 heterocycles. The second kappa shape index (κ2) is 4.58. The van der Waals surface area contributed by atoms with E-state index in [0.29, 0.717) is 11.5 Å². The number of sulfone groups is 1. The quantitative estimate of drug-likeness (QED) is 0.904. The minimum absolute atomic E-state index is 0.0450. The summed E-state index contributed by atoms with van der Waals surface area (Å²) in [5.41, 5.74) is 0.886. The Morgan fingerprint density at radius 1 is 1.42 bits per heavy atom. The molecule has 19 heavy (non-hydrogen) atoms. The van der Waals surface area contributed by atoms with Crippen LogP contribution in [0.4, 0.5) is 0 Å². The Bertz CT molecular complexity index is 576. The van der Waals surface area contributed by atoms with Gasteiger partial charge in [-0.15, -0.1) is 0 Å². The van der Waals surface area contributed by atoms with E-state index in [2.05, 4.69) is 5.32 Å². The molecule has 104 valence electrons. The van der Waals surface area contributed by atoms with Crippen LogP contribution >= 0.6 is 0 Å². The van der Waals surface area contributed by atoms with E-state index in [1.54, 1.807) is 12.1 Å². The van der Waals surface area contributed by atoms with Crippen LogP contribution in [-0.4, -0.2) is 41.0 Å². The van der Waals surface area contributed by atoms with Crippen LogP contribution in [0.15, 0.2) is 29.2 Å². The van der Waals surface area contributed by atoms with Crippen LogP contribution in [0.2, 0.25) is 0 Å². The number of fused-ring (bicyclic) bond motifs is 1. The van der Waals surface area contributed by atoms with E-state index in [-0.39, 0.29) is 17.1 Å². The van der Waals surface area contributed by atoms with E-state index in [4.69, 9.17) is 4.74 Å². The molecule has 1 aromatic carbocycles. The van der Waals surface area contributed by atoms with Crippen LogP contribution in [0, 0.1) is 5.41 Å². The average molecular weight is 281 g/mol. The summed E-state index contributed by atoms with van der Waals surface area (Å²) >= 11 is 0. The van der Waals surface area contributed by atoms with Gasteiger partial charge in [0, 0.05) is 24.5 Å². The van der Waals surface area contributed by atoms with Crippen LogP contribution in [0.5, 0.6) is 0 Å². The van der Waals surface area contributed by atoms with Crippen LogP contribution in [0.1, 0.15) is 17.9 Å². The molecule has 0 amide bonds. The number of ether oxygens (including phenoxy) is 1. The number of hydrogen-bond donors (Lipinski definition) is 1. The SMILES string of the molecule is CNCC1(C2CS(=O)(=O)c3ccccc32)CCOC1. The molecule has 0 bridgehead atoms. The third-order valence-corrected chi connectivity index (χ3v) is 6.23. The number of nitrogens with one attached hydrogen (secondary N) is 1. The van der Waals surface area contributed by atoms with Gasteiger partial charge in [0.25, 0.3) is 0 Å². The molecule has 2 unspecified atom stereocenters. The van der Waals surface area contributed by atoms with Crippen molar-refractivity contribution in [2.24, 2.45) is 5.41 Å². The van der Waals surface area contributed by atoms with Gasteiger partial charge in [-0.05, 0) is 25.1 Å². The summed E-state index contributed by atoms with van der Waals surface area (Å²) < 4.78 is 30.2. The Kier molecular flexibility index (Phi) is 3.15. The lowest BCUT2D eigenvalue weighted by atomic mass is 9.72. The fourth-order valence-corrected chi connectivity index (χ4v) is 5.48. The number of rotatable bonds is 3. The first-order chi connectivity index (χ1) is 9.09. The summed E-state index contributed by atoms with van der Waals surface area (Å²) in [7, 11) is -1.22. The van der Waals surface area contributed by atoms with Gasteiger partial charge in [0.05, 0.1) is 17.3 Å². The molecule has 2 atom stereocenters. The van der Waals surface area contributed by atoms with E-state index in [1.807, 2.05) is 19.2 Å². The highest BCUT2D eigenvalue weighted by Crippen LogP contribution is 2.49.